The highest BCUT2D eigenvalue weighted by molar-refractivity contribution is 7.90. The number of piperidine rings is 1. The molecule has 4 nitrogen and oxygen atoms in total. The summed E-state index contributed by atoms with van der Waals surface area (Å²) in [5, 5.41) is 3.48. The van der Waals surface area contributed by atoms with E-state index < -0.39 is 9.84 Å². The van der Waals surface area contributed by atoms with Crippen molar-refractivity contribution in [2.24, 2.45) is 5.92 Å². The van der Waals surface area contributed by atoms with E-state index in [0.29, 0.717) is 18.5 Å². The smallest absolute Gasteiger partial charge is 0.148 e. The molecule has 1 rings (SSSR count). The zero-order chi connectivity index (χ0) is 12.2. The van der Waals surface area contributed by atoms with Gasteiger partial charge < -0.3 is 10.2 Å². The standard InChI is InChI=1S/C11H24N2O2S/c1-4-12-11-5-6-13(9-10(11)2)7-8-16(3,14)15/h10-12H,4-9H2,1-3H3. The van der Waals surface area contributed by atoms with Crippen molar-refractivity contribution in [1.82, 2.24) is 10.2 Å². The molecule has 2 unspecified atom stereocenters. The third kappa shape index (κ3) is 4.80. The first-order chi connectivity index (χ1) is 7.42. The van der Waals surface area contributed by atoms with Gasteiger partial charge in [-0.15, -0.1) is 0 Å². The second-order valence-electron chi connectivity index (χ2n) is 4.86. The molecule has 1 heterocycles. The monoisotopic (exact) mass is 248 g/mol. The van der Waals surface area contributed by atoms with Crippen LogP contribution in [0.1, 0.15) is 20.3 Å². The Morgan fingerprint density at radius 1 is 1.44 bits per heavy atom. The predicted octanol–water partition coefficient (Wildman–Crippen LogP) is 0.351. The minimum absolute atomic E-state index is 0.283. The molecular formula is C11H24N2O2S. The third-order valence-corrected chi connectivity index (χ3v) is 4.16. The Labute approximate surface area is 99.3 Å². The molecule has 0 amide bonds. The van der Waals surface area contributed by atoms with Gasteiger partial charge in [0.25, 0.3) is 0 Å². The molecule has 96 valence electrons. The van der Waals surface area contributed by atoms with E-state index in [1.807, 2.05) is 0 Å². The number of nitrogens with one attached hydrogen (secondary N) is 1. The Morgan fingerprint density at radius 3 is 2.62 bits per heavy atom. The van der Waals surface area contributed by atoms with Gasteiger partial charge in [0, 0.05) is 25.4 Å². The Hall–Kier alpha value is -0.130. The van der Waals surface area contributed by atoms with Crippen LogP contribution in [0.15, 0.2) is 0 Å². The summed E-state index contributed by atoms with van der Waals surface area (Å²) in [5.41, 5.74) is 0. The zero-order valence-corrected chi connectivity index (χ0v) is 11.4. The van der Waals surface area contributed by atoms with E-state index in [9.17, 15) is 8.42 Å². The van der Waals surface area contributed by atoms with Crippen molar-refractivity contribution in [2.75, 3.05) is 38.2 Å². The van der Waals surface area contributed by atoms with E-state index in [1.54, 1.807) is 0 Å². The van der Waals surface area contributed by atoms with Crippen LogP contribution in [0.25, 0.3) is 0 Å². The Balaban J connectivity index is 2.34. The molecule has 0 radical (unpaired) electrons. The average molecular weight is 248 g/mol. The fourth-order valence-corrected chi connectivity index (χ4v) is 2.89. The molecule has 5 heteroatoms. The maximum absolute atomic E-state index is 11.1. The van der Waals surface area contributed by atoms with Crippen molar-refractivity contribution in [3.8, 4) is 0 Å². The number of sulfone groups is 1. The highest BCUT2D eigenvalue weighted by atomic mass is 32.2. The van der Waals surface area contributed by atoms with Crippen molar-refractivity contribution < 1.29 is 8.42 Å². The molecule has 0 spiro atoms. The van der Waals surface area contributed by atoms with Crippen molar-refractivity contribution in [1.29, 1.82) is 0 Å². The van der Waals surface area contributed by atoms with Crippen molar-refractivity contribution in [2.45, 2.75) is 26.3 Å². The van der Waals surface area contributed by atoms with Crippen LogP contribution in [0.3, 0.4) is 0 Å². The zero-order valence-electron chi connectivity index (χ0n) is 10.6. The molecule has 0 aromatic carbocycles. The average Bonchev–Trinajstić information content (AvgIpc) is 2.18. The first-order valence-corrected chi connectivity index (χ1v) is 8.12. The lowest BCUT2D eigenvalue weighted by Gasteiger charge is -2.37. The van der Waals surface area contributed by atoms with E-state index >= 15 is 0 Å². The van der Waals surface area contributed by atoms with E-state index in [-0.39, 0.29) is 5.75 Å². The molecule has 1 fully saturated rings. The summed E-state index contributed by atoms with van der Waals surface area (Å²) < 4.78 is 22.2. The largest absolute Gasteiger partial charge is 0.314 e. The SMILES string of the molecule is CCNC1CCN(CCS(C)(=O)=O)CC1C. The summed E-state index contributed by atoms with van der Waals surface area (Å²) in [6.45, 7) is 8.08. The second kappa shape index (κ2) is 5.98. The molecule has 1 aliphatic heterocycles. The summed E-state index contributed by atoms with van der Waals surface area (Å²) in [4.78, 5) is 2.26. The Bertz CT molecular complexity index is 303. The molecule has 1 saturated heterocycles. The van der Waals surface area contributed by atoms with Crippen LogP contribution in [0, 0.1) is 5.92 Å². The van der Waals surface area contributed by atoms with E-state index in [0.717, 1.165) is 26.1 Å². The highest BCUT2D eigenvalue weighted by Crippen LogP contribution is 2.16. The van der Waals surface area contributed by atoms with E-state index in [4.69, 9.17) is 0 Å². The normalized spacial score (nSPS) is 28.2. The number of nitrogens with zero attached hydrogens (tertiary/aromatic N) is 1. The lowest BCUT2D eigenvalue weighted by molar-refractivity contribution is 0.155. The minimum atomic E-state index is -2.82. The molecular weight excluding hydrogens is 224 g/mol. The second-order valence-corrected chi connectivity index (χ2v) is 7.12. The highest BCUT2D eigenvalue weighted by Gasteiger charge is 2.25. The molecule has 1 N–H and O–H groups in total. The molecule has 0 aromatic heterocycles. The maximum Gasteiger partial charge on any atom is 0.148 e. The van der Waals surface area contributed by atoms with Crippen LogP contribution in [-0.2, 0) is 9.84 Å². The fraction of sp³-hybridized carbons (Fsp3) is 1.00. The van der Waals surface area contributed by atoms with Gasteiger partial charge >= 0.3 is 0 Å². The number of rotatable bonds is 5. The molecule has 0 aromatic rings. The lowest BCUT2D eigenvalue weighted by Crippen LogP contribution is -2.49. The van der Waals surface area contributed by atoms with Gasteiger partial charge in [-0.05, 0) is 25.4 Å². The summed E-state index contributed by atoms with van der Waals surface area (Å²) >= 11 is 0. The number of hydrogen-bond acceptors (Lipinski definition) is 4. The van der Waals surface area contributed by atoms with Crippen LogP contribution in [-0.4, -0.2) is 57.5 Å². The van der Waals surface area contributed by atoms with Gasteiger partial charge in [-0.25, -0.2) is 8.42 Å². The topological polar surface area (TPSA) is 49.4 Å². The molecule has 0 aliphatic carbocycles. The van der Waals surface area contributed by atoms with Crippen LogP contribution >= 0.6 is 0 Å². The van der Waals surface area contributed by atoms with Gasteiger partial charge in [0.05, 0.1) is 5.75 Å². The summed E-state index contributed by atoms with van der Waals surface area (Å²) in [6, 6.07) is 0.597. The van der Waals surface area contributed by atoms with Crippen molar-refractivity contribution >= 4 is 9.84 Å². The molecule has 0 saturated carbocycles. The number of likely N-dealkylation sites (tertiary alicyclic amines) is 1. The Kier molecular flexibility index (Phi) is 5.21. The van der Waals surface area contributed by atoms with Gasteiger partial charge in [0.2, 0.25) is 0 Å². The van der Waals surface area contributed by atoms with Crippen LogP contribution < -0.4 is 5.32 Å². The molecule has 2 atom stereocenters. The Morgan fingerprint density at radius 2 is 2.12 bits per heavy atom. The first kappa shape index (κ1) is 13.9. The summed E-state index contributed by atoms with van der Waals surface area (Å²) in [6.07, 6.45) is 2.43. The van der Waals surface area contributed by atoms with Crippen molar-refractivity contribution in [3.63, 3.8) is 0 Å². The quantitative estimate of drug-likeness (QED) is 0.763. The van der Waals surface area contributed by atoms with Crippen LogP contribution in [0.4, 0.5) is 0 Å². The van der Waals surface area contributed by atoms with Gasteiger partial charge in [0.1, 0.15) is 9.84 Å². The van der Waals surface area contributed by atoms with Crippen LogP contribution in [0.5, 0.6) is 0 Å². The first-order valence-electron chi connectivity index (χ1n) is 6.06. The predicted molar refractivity (Wildman–Crippen MR) is 67.4 cm³/mol. The van der Waals surface area contributed by atoms with Crippen molar-refractivity contribution in [3.05, 3.63) is 0 Å². The third-order valence-electron chi connectivity index (χ3n) is 3.23. The minimum Gasteiger partial charge on any atom is -0.314 e. The lowest BCUT2D eigenvalue weighted by atomic mass is 9.94. The van der Waals surface area contributed by atoms with Gasteiger partial charge in [-0.2, -0.15) is 0 Å². The molecule has 0 bridgehead atoms. The fourth-order valence-electron chi connectivity index (χ4n) is 2.30. The van der Waals surface area contributed by atoms with Gasteiger partial charge in [-0.1, -0.05) is 13.8 Å². The van der Waals surface area contributed by atoms with Gasteiger partial charge in [0.15, 0.2) is 0 Å². The maximum atomic E-state index is 11.1. The van der Waals surface area contributed by atoms with Gasteiger partial charge in [-0.3, -0.25) is 0 Å². The molecule has 16 heavy (non-hydrogen) atoms. The van der Waals surface area contributed by atoms with E-state index in [1.165, 1.54) is 6.26 Å². The molecule has 1 aliphatic rings. The number of hydrogen-bond donors (Lipinski definition) is 1. The van der Waals surface area contributed by atoms with E-state index in [2.05, 4.69) is 24.1 Å². The van der Waals surface area contributed by atoms with Crippen LogP contribution in [0.2, 0.25) is 0 Å². The summed E-state index contributed by atoms with van der Waals surface area (Å²) in [7, 11) is -2.82. The summed E-state index contributed by atoms with van der Waals surface area (Å²) in [5.74, 6) is 0.888.